The molecule has 192 valence electrons. The number of piperazine rings is 1. The Bertz CT molecular complexity index is 1420. The SMILES string of the molecule is CC(C)(C)n1cnc(-c2ccc(F)cc2)c1-c1ncc(C(=O)Nc2ccc(N3CCNCC3)cc2Cl)[nH]1. The topological polar surface area (TPSA) is 90.9 Å². The van der Waals surface area contributed by atoms with E-state index < -0.39 is 0 Å². The van der Waals surface area contributed by atoms with Gasteiger partial charge in [-0.25, -0.2) is 14.4 Å². The fraction of sp³-hybridized carbons (Fsp3) is 0.296. The number of benzene rings is 2. The first-order chi connectivity index (χ1) is 17.7. The predicted molar refractivity (Wildman–Crippen MR) is 145 cm³/mol. The summed E-state index contributed by atoms with van der Waals surface area (Å²) in [5.74, 6) is -0.199. The van der Waals surface area contributed by atoms with Crippen LogP contribution < -0.4 is 15.5 Å². The second-order valence-electron chi connectivity index (χ2n) is 9.99. The number of hydrogen-bond acceptors (Lipinski definition) is 5. The maximum absolute atomic E-state index is 13.5. The number of nitrogens with one attached hydrogen (secondary N) is 3. The summed E-state index contributed by atoms with van der Waals surface area (Å²) in [6.45, 7) is 9.82. The highest BCUT2D eigenvalue weighted by Crippen LogP contribution is 2.34. The molecule has 5 rings (SSSR count). The Morgan fingerprint density at radius 1 is 1.08 bits per heavy atom. The quantitative estimate of drug-likeness (QED) is 0.338. The third-order valence-electron chi connectivity index (χ3n) is 6.34. The third kappa shape index (κ3) is 5.23. The number of amides is 1. The molecule has 8 nitrogen and oxygen atoms in total. The number of aromatic nitrogens is 4. The lowest BCUT2D eigenvalue weighted by atomic mass is 10.1. The molecule has 1 aliphatic rings. The van der Waals surface area contributed by atoms with Gasteiger partial charge < -0.3 is 25.1 Å². The Hall–Kier alpha value is -3.69. The van der Waals surface area contributed by atoms with E-state index in [0.717, 1.165) is 37.4 Å². The Morgan fingerprint density at radius 3 is 2.49 bits per heavy atom. The van der Waals surface area contributed by atoms with Crippen LogP contribution in [-0.2, 0) is 5.54 Å². The Morgan fingerprint density at radius 2 is 1.81 bits per heavy atom. The Kier molecular flexibility index (Phi) is 6.74. The van der Waals surface area contributed by atoms with Gasteiger partial charge in [-0.15, -0.1) is 0 Å². The molecule has 0 aliphatic carbocycles. The molecular weight excluding hydrogens is 493 g/mol. The molecule has 1 fully saturated rings. The number of imidazole rings is 2. The van der Waals surface area contributed by atoms with Gasteiger partial charge in [-0.1, -0.05) is 11.6 Å². The molecule has 2 aromatic carbocycles. The molecule has 0 atom stereocenters. The highest BCUT2D eigenvalue weighted by atomic mass is 35.5. The minimum absolute atomic E-state index is 0.281. The number of carbonyl (C=O) groups excluding carboxylic acids is 1. The van der Waals surface area contributed by atoms with Crippen LogP contribution in [0.1, 0.15) is 31.3 Å². The van der Waals surface area contributed by atoms with Crippen LogP contribution in [0.25, 0.3) is 22.8 Å². The van der Waals surface area contributed by atoms with Crippen molar-refractivity contribution in [1.29, 1.82) is 0 Å². The van der Waals surface area contributed by atoms with Gasteiger partial charge in [0.1, 0.15) is 17.2 Å². The summed E-state index contributed by atoms with van der Waals surface area (Å²) in [6.07, 6.45) is 3.22. The standard InChI is InChI=1S/C27H29ClFN7O/c1-27(2,3)36-16-32-23(17-4-6-18(29)7-5-17)24(36)25-31-15-22(33-25)26(37)34-21-9-8-19(14-20(21)28)35-12-10-30-11-13-35/h4-9,14-16,30H,10-13H2,1-3H3,(H,31,33)(H,34,37). The summed E-state index contributed by atoms with van der Waals surface area (Å²) in [7, 11) is 0. The van der Waals surface area contributed by atoms with E-state index in [4.69, 9.17) is 11.6 Å². The molecule has 37 heavy (non-hydrogen) atoms. The number of H-pyrrole nitrogens is 1. The first-order valence-corrected chi connectivity index (χ1v) is 12.5. The van der Waals surface area contributed by atoms with Crippen molar-refractivity contribution in [2.75, 3.05) is 36.4 Å². The first-order valence-electron chi connectivity index (χ1n) is 12.2. The number of carbonyl (C=O) groups is 1. The van der Waals surface area contributed by atoms with Gasteiger partial charge in [0.05, 0.1) is 28.9 Å². The summed E-state index contributed by atoms with van der Waals surface area (Å²) < 4.78 is 15.5. The van der Waals surface area contributed by atoms with Crippen molar-refractivity contribution in [3.05, 3.63) is 71.5 Å². The largest absolute Gasteiger partial charge is 0.369 e. The predicted octanol–water partition coefficient (Wildman–Crippen LogP) is 5.15. The van der Waals surface area contributed by atoms with Gasteiger partial charge in [0.15, 0.2) is 5.82 Å². The van der Waals surface area contributed by atoms with E-state index in [1.54, 1.807) is 18.5 Å². The van der Waals surface area contributed by atoms with Crippen molar-refractivity contribution >= 4 is 28.9 Å². The van der Waals surface area contributed by atoms with Gasteiger partial charge in [0.25, 0.3) is 5.91 Å². The maximum Gasteiger partial charge on any atom is 0.273 e. The molecule has 0 bridgehead atoms. The Balaban J connectivity index is 1.41. The number of rotatable bonds is 5. The molecular formula is C27H29ClFN7O. The number of nitrogens with zero attached hydrogens (tertiary/aromatic N) is 4. The fourth-order valence-electron chi connectivity index (χ4n) is 4.37. The van der Waals surface area contributed by atoms with E-state index in [0.29, 0.717) is 27.9 Å². The smallest absolute Gasteiger partial charge is 0.273 e. The van der Waals surface area contributed by atoms with Gasteiger partial charge in [0.2, 0.25) is 0 Å². The molecule has 0 unspecified atom stereocenters. The van der Waals surface area contributed by atoms with Crippen molar-refractivity contribution in [1.82, 2.24) is 24.8 Å². The van der Waals surface area contributed by atoms with Gasteiger partial charge in [-0.2, -0.15) is 0 Å². The van der Waals surface area contributed by atoms with E-state index >= 15 is 0 Å². The zero-order chi connectivity index (χ0) is 26.2. The van der Waals surface area contributed by atoms with Crippen LogP contribution >= 0.6 is 11.6 Å². The minimum atomic E-state index is -0.360. The zero-order valence-electron chi connectivity index (χ0n) is 21.0. The molecule has 10 heteroatoms. The van der Waals surface area contributed by atoms with E-state index in [1.807, 2.05) is 22.8 Å². The van der Waals surface area contributed by atoms with Crippen molar-refractivity contribution in [2.45, 2.75) is 26.3 Å². The normalized spacial score (nSPS) is 14.1. The van der Waals surface area contributed by atoms with Crippen LogP contribution in [0, 0.1) is 5.82 Å². The Labute approximate surface area is 219 Å². The monoisotopic (exact) mass is 521 g/mol. The molecule has 4 aromatic rings. The van der Waals surface area contributed by atoms with Crippen LogP contribution in [0.5, 0.6) is 0 Å². The van der Waals surface area contributed by atoms with Gasteiger partial charge >= 0.3 is 0 Å². The van der Waals surface area contributed by atoms with Gasteiger partial charge in [-0.05, 0) is 63.2 Å². The molecule has 0 saturated carbocycles. The molecule has 0 radical (unpaired) electrons. The molecule has 1 saturated heterocycles. The first kappa shape index (κ1) is 25.0. The van der Waals surface area contributed by atoms with E-state index in [1.165, 1.54) is 18.3 Å². The van der Waals surface area contributed by atoms with Crippen LogP contribution in [0.4, 0.5) is 15.8 Å². The van der Waals surface area contributed by atoms with Gasteiger partial charge in [-0.3, -0.25) is 4.79 Å². The third-order valence-corrected chi connectivity index (χ3v) is 6.65. The molecule has 1 aliphatic heterocycles. The maximum atomic E-state index is 13.5. The number of anilines is 2. The van der Waals surface area contributed by atoms with E-state index in [-0.39, 0.29) is 23.0 Å². The summed E-state index contributed by atoms with van der Waals surface area (Å²) >= 11 is 6.52. The summed E-state index contributed by atoms with van der Waals surface area (Å²) in [4.78, 5) is 27.6. The van der Waals surface area contributed by atoms with Crippen molar-refractivity contribution in [3.8, 4) is 22.8 Å². The number of hydrogen-bond donors (Lipinski definition) is 3. The van der Waals surface area contributed by atoms with Crippen molar-refractivity contribution in [3.63, 3.8) is 0 Å². The number of halogens is 2. The second kappa shape index (κ2) is 9.99. The molecule has 3 heterocycles. The lowest BCUT2D eigenvalue weighted by Crippen LogP contribution is -2.43. The van der Waals surface area contributed by atoms with E-state index in [2.05, 4.69) is 51.3 Å². The lowest BCUT2D eigenvalue weighted by molar-refractivity contribution is 0.102. The average molecular weight is 522 g/mol. The van der Waals surface area contributed by atoms with E-state index in [9.17, 15) is 9.18 Å². The lowest BCUT2D eigenvalue weighted by Gasteiger charge is -2.29. The fourth-order valence-corrected chi connectivity index (χ4v) is 4.60. The van der Waals surface area contributed by atoms with Crippen molar-refractivity contribution in [2.24, 2.45) is 0 Å². The van der Waals surface area contributed by atoms with Crippen LogP contribution in [0.3, 0.4) is 0 Å². The number of aromatic amines is 1. The highest BCUT2D eigenvalue weighted by molar-refractivity contribution is 6.34. The van der Waals surface area contributed by atoms with Crippen LogP contribution in [0.15, 0.2) is 55.0 Å². The molecule has 0 spiro atoms. The minimum Gasteiger partial charge on any atom is -0.369 e. The van der Waals surface area contributed by atoms with Crippen LogP contribution in [0.2, 0.25) is 5.02 Å². The molecule has 2 aromatic heterocycles. The highest BCUT2D eigenvalue weighted by Gasteiger charge is 2.25. The summed E-state index contributed by atoms with van der Waals surface area (Å²) in [5.41, 5.74) is 3.61. The molecule has 3 N–H and O–H groups in total. The van der Waals surface area contributed by atoms with Gasteiger partial charge in [0, 0.05) is 43.0 Å². The summed E-state index contributed by atoms with van der Waals surface area (Å²) in [6, 6.07) is 11.8. The van der Waals surface area contributed by atoms with Crippen molar-refractivity contribution < 1.29 is 9.18 Å². The average Bonchev–Trinajstić information content (AvgIpc) is 3.54. The molecule has 1 amide bonds. The second-order valence-corrected chi connectivity index (χ2v) is 10.4. The van der Waals surface area contributed by atoms with Crippen LogP contribution in [-0.4, -0.2) is 51.6 Å². The summed E-state index contributed by atoms with van der Waals surface area (Å²) in [5, 5.41) is 6.67. The zero-order valence-corrected chi connectivity index (χ0v) is 21.7.